The maximum Gasteiger partial charge on any atom is 0.315 e. The Balaban J connectivity index is 4.22. The van der Waals surface area contributed by atoms with Crippen LogP contribution >= 0.6 is 11.6 Å². The molecule has 0 radical (unpaired) electrons. The molecule has 0 rings (SSSR count). The molecular weight excluding hydrogens is 216 g/mol. The highest BCUT2D eigenvalue weighted by Gasteiger charge is 2.23. The van der Waals surface area contributed by atoms with Gasteiger partial charge in [0.2, 0.25) is 0 Å². The molecule has 1 N–H and O–H groups in total. The smallest absolute Gasteiger partial charge is 0.315 e. The Bertz CT molecular complexity index is 210. The molecular formula is C8H12ClF2NO2. The largest absolute Gasteiger partial charge is 0.341 e. The van der Waals surface area contributed by atoms with Crippen molar-refractivity contribution in [2.45, 2.75) is 32.2 Å². The van der Waals surface area contributed by atoms with Crippen LogP contribution in [-0.4, -0.2) is 30.0 Å². The molecule has 0 aliphatic heterocycles. The van der Waals surface area contributed by atoms with E-state index in [-0.39, 0.29) is 5.88 Å². The highest BCUT2D eigenvalue weighted by Crippen LogP contribution is 2.02. The van der Waals surface area contributed by atoms with E-state index < -0.39 is 24.2 Å². The van der Waals surface area contributed by atoms with Gasteiger partial charge in [-0.15, -0.1) is 11.6 Å². The van der Waals surface area contributed by atoms with Gasteiger partial charge in [0.1, 0.15) is 0 Å². The number of alkyl halides is 3. The maximum absolute atomic E-state index is 11.8. The minimum atomic E-state index is -3.10. The molecule has 1 atom stereocenters. The zero-order valence-electron chi connectivity index (χ0n) is 7.73. The number of hydrogen-bond acceptors (Lipinski definition) is 2. The first-order chi connectivity index (χ1) is 6.52. The average molecular weight is 228 g/mol. The van der Waals surface area contributed by atoms with Gasteiger partial charge in [0.25, 0.3) is 5.91 Å². The van der Waals surface area contributed by atoms with Gasteiger partial charge in [-0.3, -0.25) is 9.59 Å². The van der Waals surface area contributed by atoms with Crippen LogP contribution in [0.1, 0.15) is 19.8 Å². The lowest BCUT2D eigenvalue weighted by Gasteiger charge is -2.15. The predicted molar refractivity (Wildman–Crippen MR) is 48.6 cm³/mol. The monoisotopic (exact) mass is 227 g/mol. The molecule has 6 heteroatoms. The summed E-state index contributed by atoms with van der Waals surface area (Å²) in [5.74, 6) is -2.15. The van der Waals surface area contributed by atoms with Crippen LogP contribution in [0, 0.1) is 0 Å². The summed E-state index contributed by atoms with van der Waals surface area (Å²) in [6.45, 7) is 1.78. The van der Waals surface area contributed by atoms with Gasteiger partial charge in [-0.1, -0.05) is 13.3 Å². The number of halogens is 3. The van der Waals surface area contributed by atoms with Crippen LogP contribution in [0.5, 0.6) is 0 Å². The van der Waals surface area contributed by atoms with Gasteiger partial charge in [-0.05, 0) is 6.42 Å². The van der Waals surface area contributed by atoms with Crippen LogP contribution in [0.15, 0.2) is 0 Å². The quantitative estimate of drug-likeness (QED) is 0.697. The number of carbonyl (C=O) groups is 2. The predicted octanol–water partition coefficient (Wildman–Crippen LogP) is 1.34. The van der Waals surface area contributed by atoms with Gasteiger partial charge in [-0.2, -0.15) is 8.78 Å². The summed E-state index contributed by atoms with van der Waals surface area (Å²) in [6.07, 6.45) is -2.17. The van der Waals surface area contributed by atoms with Crippen LogP contribution in [0.4, 0.5) is 8.78 Å². The molecule has 82 valence electrons. The molecule has 14 heavy (non-hydrogen) atoms. The summed E-state index contributed by atoms with van der Waals surface area (Å²) in [6, 6.07) is -0.890. The fraction of sp³-hybridized carbons (Fsp3) is 0.750. The molecule has 1 unspecified atom stereocenters. The molecule has 0 aliphatic carbocycles. The van der Waals surface area contributed by atoms with E-state index in [4.69, 9.17) is 11.6 Å². The van der Waals surface area contributed by atoms with E-state index in [0.717, 1.165) is 0 Å². The van der Waals surface area contributed by atoms with Crippen LogP contribution < -0.4 is 5.32 Å². The average Bonchev–Trinajstić information content (AvgIpc) is 2.15. The molecule has 0 fully saturated rings. The van der Waals surface area contributed by atoms with E-state index in [1.165, 1.54) is 0 Å². The Kier molecular flexibility index (Phi) is 6.36. The van der Waals surface area contributed by atoms with Crippen molar-refractivity contribution in [3.8, 4) is 0 Å². The minimum absolute atomic E-state index is 0.284. The Morgan fingerprint density at radius 2 is 2.00 bits per heavy atom. The molecule has 1 amide bonds. The summed E-state index contributed by atoms with van der Waals surface area (Å²) in [7, 11) is 0. The SMILES string of the molecule is CCCC(NC(=O)C(F)F)C(=O)CCl. The lowest BCUT2D eigenvalue weighted by atomic mass is 10.1. The first-order valence-electron chi connectivity index (χ1n) is 4.20. The van der Waals surface area contributed by atoms with E-state index in [1.54, 1.807) is 6.92 Å². The lowest BCUT2D eigenvalue weighted by molar-refractivity contribution is -0.135. The zero-order chi connectivity index (χ0) is 11.1. The van der Waals surface area contributed by atoms with Gasteiger partial charge in [0.15, 0.2) is 5.78 Å². The van der Waals surface area contributed by atoms with E-state index in [2.05, 4.69) is 0 Å². The molecule has 0 aliphatic rings. The molecule has 3 nitrogen and oxygen atoms in total. The lowest BCUT2D eigenvalue weighted by Crippen LogP contribution is -2.43. The Morgan fingerprint density at radius 3 is 2.36 bits per heavy atom. The van der Waals surface area contributed by atoms with Crippen molar-refractivity contribution >= 4 is 23.3 Å². The van der Waals surface area contributed by atoms with Crippen LogP contribution in [-0.2, 0) is 9.59 Å². The van der Waals surface area contributed by atoms with E-state index in [1.807, 2.05) is 5.32 Å². The third kappa shape index (κ3) is 4.50. The van der Waals surface area contributed by atoms with Crippen molar-refractivity contribution in [1.82, 2.24) is 5.32 Å². The topological polar surface area (TPSA) is 46.2 Å². The van der Waals surface area contributed by atoms with Crippen LogP contribution in [0.3, 0.4) is 0 Å². The third-order valence-electron chi connectivity index (χ3n) is 1.61. The highest BCUT2D eigenvalue weighted by molar-refractivity contribution is 6.28. The van der Waals surface area contributed by atoms with Crippen molar-refractivity contribution in [2.75, 3.05) is 5.88 Å². The van der Waals surface area contributed by atoms with Gasteiger partial charge < -0.3 is 5.32 Å². The maximum atomic E-state index is 11.8. The highest BCUT2D eigenvalue weighted by atomic mass is 35.5. The summed E-state index contributed by atoms with van der Waals surface area (Å²) < 4.78 is 23.7. The zero-order valence-corrected chi connectivity index (χ0v) is 8.48. The summed E-state index contributed by atoms with van der Waals surface area (Å²) in [5.41, 5.74) is 0. The minimum Gasteiger partial charge on any atom is -0.341 e. The van der Waals surface area contributed by atoms with Crippen LogP contribution in [0.25, 0.3) is 0 Å². The number of Topliss-reactive ketones (excluding diaryl/α,β-unsaturated/α-hetero) is 1. The van der Waals surface area contributed by atoms with Gasteiger partial charge in [0.05, 0.1) is 11.9 Å². The number of ketones is 1. The Labute approximate surface area is 85.8 Å². The molecule has 0 saturated heterocycles. The van der Waals surface area contributed by atoms with Crippen molar-refractivity contribution in [1.29, 1.82) is 0 Å². The molecule has 0 heterocycles. The Morgan fingerprint density at radius 1 is 1.43 bits per heavy atom. The van der Waals surface area contributed by atoms with Gasteiger partial charge >= 0.3 is 6.43 Å². The molecule has 0 aromatic heterocycles. The second kappa shape index (κ2) is 6.70. The van der Waals surface area contributed by atoms with E-state index >= 15 is 0 Å². The fourth-order valence-corrected chi connectivity index (χ4v) is 1.12. The van der Waals surface area contributed by atoms with Gasteiger partial charge in [-0.25, -0.2) is 0 Å². The third-order valence-corrected chi connectivity index (χ3v) is 1.88. The van der Waals surface area contributed by atoms with Crippen molar-refractivity contribution in [2.24, 2.45) is 0 Å². The van der Waals surface area contributed by atoms with E-state index in [0.29, 0.717) is 12.8 Å². The first-order valence-corrected chi connectivity index (χ1v) is 4.73. The summed E-state index contributed by atoms with van der Waals surface area (Å²) in [4.78, 5) is 21.7. The standard InChI is InChI=1S/C8H12ClF2NO2/c1-2-3-5(6(13)4-9)12-8(14)7(10)11/h5,7H,2-4H2,1H3,(H,12,14). The normalized spacial score (nSPS) is 12.6. The van der Waals surface area contributed by atoms with Crippen LogP contribution in [0.2, 0.25) is 0 Å². The van der Waals surface area contributed by atoms with Crippen molar-refractivity contribution in [3.63, 3.8) is 0 Å². The number of rotatable bonds is 6. The number of hydrogen-bond donors (Lipinski definition) is 1. The summed E-state index contributed by atoms with van der Waals surface area (Å²) >= 11 is 5.26. The second-order valence-corrected chi connectivity index (χ2v) is 3.02. The first kappa shape index (κ1) is 13.3. The van der Waals surface area contributed by atoms with Gasteiger partial charge in [0, 0.05) is 0 Å². The Hall–Kier alpha value is -0.710. The second-order valence-electron chi connectivity index (χ2n) is 2.75. The fourth-order valence-electron chi connectivity index (χ4n) is 0.930. The summed E-state index contributed by atoms with van der Waals surface area (Å²) in [5, 5.41) is 1.95. The number of amides is 1. The number of carbonyl (C=O) groups excluding carboxylic acids is 2. The molecule has 0 bridgehead atoms. The van der Waals surface area contributed by atoms with Crippen molar-refractivity contribution in [3.05, 3.63) is 0 Å². The van der Waals surface area contributed by atoms with Crippen molar-refractivity contribution < 1.29 is 18.4 Å². The molecule has 0 aromatic carbocycles. The molecule has 0 spiro atoms. The van der Waals surface area contributed by atoms with E-state index in [9.17, 15) is 18.4 Å². The molecule has 0 aromatic rings. The molecule has 0 saturated carbocycles. The number of nitrogens with one attached hydrogen (secondary N) is 1.